The van der Waals surface area contributed by atoms with Crippen LogP contribution in [0.3, 0.4) is 0 Å². The van der Waals surface area contributed by atoms with E-state index in [2.05, 4.69) is 5.32 Å². The highest BCUT2D eigenvalue weighted by Gasteiger charge is 2.34. The van der Waals surface area contributed by atoms with Gasteiger partial charge in [0.1, 0.15) is 5.60 Å². The molecule has 1 aliphatic heterocycles. The average Bonchev–Trinajstić information content (AvgIpc) is 2.45. The van der Waals surface area contributed by atoms with Crippen LogP contribution in [-0.4, -0.2) is 35.7 Å². The fraction of sp³-hybridized carbons (Fsp3) is 0.588. The first-order valence-corrected chi connectivity index (χ1v) is 7.97. The molecular weight excluding hydrogens is 321 g/mol. The number of rotatable bonds is 2. The Morgan fingerprint density at radius 2 is 1.92 bits per heavy atom. The Morgan fingerprint density at radius 1 is 1.25 bits per heavy atom. The van der Waals surface area contributed by atoms with Crippen molar-refractivity contribution in [2.24, 2.45) is 0 Å². The minimum Gasteiger partial charge on any atom is -0.444 e. The van der Waals surface area contributed by atoms with Gasteiger partial charge in [-0.2, -0.15) is 13.2 Å². The molecule has 2 rings (SSSR count). The highest BCUT2D eigenvalue weighted by molar-refractivity contribution is 5.68. The summed E-state index contributed by atoms with van der Waals surface area (Å²) in [6.45, 7) is 6.22. The molecule has 1 heterocycles. The first-order valence-electron chi connectivity index (χ1n) is 7.97. The highest BCUT2D eigenvalue weighted by atomic mass is 19.4. The zero-order valence-electron chi connectivity index (χ0n) is 14.1. The van der Waals surface area contributed by atoms with Crippen LogP contribution in [0.4, 0.5) is 23.7 Å². The van der Waals surface area contributed by atoms with Gasteiger partial charge >= 0.3 is 12.3 Å². The normalized spacial score (nSPS) is 19.1. The molecule has 1 unspecified atom stereocenters. The van der Waals surface area contributed by atoms with Crippen LogP contribution >= 0.6 is 0 Å². The molecule has 1 amide bonds. The van der Waals surface area contributed by atoms with Crippen LogP contribution in [0.15, 0.2) is 24.3 Å². The predicted molar refractivity (Wildman–Crippen MR) is 85.9 cm³/mol. The molecule has 7 heteroatoms. The number of carbonyl (C=O) groups excluding carboxylic acids is 1. The van der Waals surface area contributed by atoms with Gasteiger partial charge in [-0.15, -0.1) is 0 Å². The summed E-state index contributed by atoms with van der Waals surface area (Å²) < 4.78 is 44.5. The maximum atomic E-state index is 13.1. The van der Waals surface area contributed by atoms with E-state index in [4.69, 9.17) is 4.74 Å². The summed E-state index contributed by atoms with van der Waals surface area (Å²) in [6, 6.07) is 5.15. The standard InChI is InChI=1S/C17H23F3N2O2/c1-16(2,3)24-15(23)22-10-6-7-12(11-22)21-14-9-5-4-8-13(14)17(18,19)20/h4-5,8-9,12,21H,6-7,10-11H2,1-3H3. The molecule has 0 aromatic heterocycles. The van der Waals surface area contributed by atoms with Gasteiger partial charge < -0.3 is 15.0 Å². The molecule has 24 heavy (non-hydrogen) atoms. The SMILES string of the molecule is CC(C)(C)OC(=O)N1CCCC(Nc2ccccc2C(F)(F)F)C1. The lowest BCUT2D eigenvalue weighted by Gasteiger charge is -2.35. The van der Waals surface area contributed by atoms with Crippen molar-refractivity contribution in [2.45, 2.75) is 51.4 Å². The number of ether oxygens (including phenoxy) is 1. The summed E-state index contributed by atoms with van der Waals surface area (Å²) >= 11 is 0. The van der Waals surface area contributed by atoms with Gasteiger partial charge in [0.25, 0.3) is 0 Å². The van der Waals surface area contributed by atoms with E-state index >= 15 is 0 Å². The summed E-state index contributed by atoms with van der Waals surface area (Å²) in [5.41, 5.74) is -1.25. The summed E-state index contributed by atoms with van der Waals surface area (Å²) in [6.07, 6.45) is -3.43. The first kappa shape index (κ1) is 18.4. The van der Waals surface area contributed by atoms with Crippen molar-refractivity contribution in [3.8, 4) is 0 Å². The Hall–Kier alpha value is -1.92. The topological polar surface area (TPSA) is 41.6 Å². The predicted octanol–water partition coefficient (Wildman–Crippen LogP) is 4.52. The highest BCUT2D eigenvalue weighted by Crippen LogP contribution is 2.35. The van der Waals surface area contributed by atoms with Gasteiger partial charge in [-0.3, -0.25) is 0 Å². The van der Waals surface area contributed by atoms with Gasteiger partial charge in [0.05, 0.1) is 5.56 Å². The second-order valence-corrected chi connectivity index (χ2v) is 6.95. The molecule has 1 aromatic carbocycles. The van der Waals surface area contributed by atoms with Crippen molar-refractivity contribution in [3.05, 3.63) is 29.8 Å². The molecule has 134 valence electrons. The Labute approximate surface area is 140 Å². The quantitative estimate of drug-likeness (QED) is 0.858. The molecule has 1 aliphatic rings. The molecular formula is C17H23F3N2O2. The average molecular weight is 344 g/mol. The largest absolute Gasteiger partial charge is 0.444 e. The van der Waals surface area contributed by atoms with Crippen molar-refractivity contribution in [3.63, 3.8) is 0 Å². The van der Waals surface area contributed by atoms with Gasteiger partial charge in [-0.1, -0.05) is 12.1 Å². The number of anilines is 1. The lowest BCUT2D eigenvalue weighted by Crippen LogP contribution is -2.47. The molecule has 0 bridgehead atoms. The van der Waals surface area contributed by atoms with Gasteiger partial charge in [0.2, 0.25) is 0 Å². The molecule has 1 saturated heterocycles. The Morgan fingerprint density at radius 3 is 2.54 bits per heavy atom. The van der Waals surface area contributed by atoms with Crippen molar-refractivity contribution in [2.75, 3.05) is 18.4 Å². The maximum Gasteiger partial charge on any atom is 0.418 e. The first-order chi connectivity index (χ1) is 11.1. The van der Waals surface area contributed by atoms with Gasteiger partial charge in [-0.25, -0.2) is 4.79 Å². The summed E-state index contributed by atoms with van der Waals surface area (Å²) in [5.74, 6) is 0. The van der Waals surface area contributed by atoms with E-state index in [-0.39, 0.29) is 11.7 Å². The van der Waals surface area contributed by atoms with Crippen molar-refractivity contribution in [1.29, 1.82) is 0 Å². The third-order valence-electron chi connectivity index (χ3n) is 3.67. The number of carbonyl (C=O) groups is 1. The molecule has 4 nitrogen and oxygen atoms in total. The summed E-state index contributed by atoms with van der Waals surface area (Å²) in [4.78, 5) is 13.7. The number of hydrogen-bond donors (Lipinski definition) is 1. The molecule has 1 fully saturated rings. The lowest BCUT2D eigenvalue weighted by atomic mass is 10.0. The Bertz CT molecular complexity index is 582. The molecule has 0 saturated carbocycles. The summed E-state index contributed by atoms with van der Waals surface area (Å²) in [5, 5.41) is 2.93. The van der Waals surface area contributed by atoms with Crippen molar-refractivity contribution < 1.29 is 22.7 Å². The Balaban J connectivity index is 2.05. The minimum absolute atomic E-state index is 0.0426. The molecule has 1 atom stereocenters. The molecule has 0 radical (unpaired) electrons. The number of nitrogens with one attached hydrogen (secondary N) is 1. The molecule has 0 spiro atoms. The number of likely N-dealkylation sites (tertiary alicyclic amines) is 1. The number of amides is 1. The zero-order chi connectivity index (χ0) is 18.0. The van der Waals surface area contributed by atoms with Crippen LogP contribution in [0.2, 0.25) is 0 Å². The second-order valence-electron chi connectivity index (χ2n) is 6.95. The number of alkyl halides is 3. The number of hydrogen-bond acceptors (Lipinski definition) is 3. The van der Waals surface area contributed by atoms with Crippen LogP contribution in [0.25, 0.3) is 0 Å². The van der Waals surface area contributed by atoms with Crippen LogP contribution in [0.5, 0.6) is 0 Å². The second kappa shape index (κ2) is 6.91. The van der Waals surface area contributed by atoms with E-state index in [1.165, 1.54) is 12.1 Å². The molecule has 1 aromatic rings. The van der Waals surface area contributed by atoms with Gasteiger partial charge in [-0.05, 0) is 45.7 Å². The third-order valence-corrected chi connectivity index (χ3v) is 3.67. The van der Waals surface area contributed by atoms with E-state index in [0.29, 0.717) is 25.9 Å². The summed E-state index contributed by atoms with van der Waals surface area (Å²) in [7, 11) is 0. The fourth-order valence-electron chi connectivity index (χ4n) is 2.66. The molecule has 0 aliphatic carbocycles. The van der Waals surface area contributed by atoms with E-state index in [9.17, 15) is 18.0 Å². The number of piperidine rings is 1. The molecule has 1 N–H and O–H groups in total. The number of halogens is 3. The number of para-hydroxylation sites is 1. The zero-order valence-corrected chi connectivity index (χ0v) is 14.1. The van der Waals surface area contributed by atoms with E-state index < -0.39 is 23.4 Å². The maximum absolute atomic E-state index is 13.1. The number of nitrogens with zero attached hydrogens (tertiary/aromatic N) is 1. The van der Waals surface area contributed by atoms with Crippen molar-refractivity contribution in [1.82, 2.24) is 4.90 Å². The number of benzene rings is 1. The van der Waals surface area contributed by atoms with Crippen molar-refractivity contribution >= 4 is 11.8 Å². The smallest absolute Gasteiger partial charge is 0.418 e. The van der Waals surface area contributed by atoms with Crippen LogP contribution < -0.4 is 5.32 Å². The van der Waals surface area contributed by atoms with Crippen LogP contribution in [-0.2, 0) is 10.9 Å². The third kappa shape index (κ3) is 5.04. The van der Waals surface area contributed by atoms with E-state index in [1.807, 2.05) is 0 Å². The van der Waals surface area contributed by atoms with Crippen LogP contribution in [0.1, 0.15) is 39.2 Å². The van der Waals surface area contributed by atoms with E-state index in [0.717, 1.165) is 6.07 Å². The Kier molecular flexibility index (Phi) is 5.30. The van der Waals surface area contributed by atoms with Gasteiger partial charge in [0.15, 0.2) is 0 Å². The van der Waals surface area contributed by atoms with Gasteiger partial charge in [0, 0.05) is 24.8 Å². The van der Waals surface area contributed by atoms with Crippen LogP contribution in [0, 0.1) is 0 Å². The van der Waals surface area contributed by atoms with E-state index in [1.54, 1.807) is 31.7 Å². The minimum atomic E-state index is -4.41. The monoisotopic (exact) mass is 344 g/mol. The fourth-order valence-corrected chi connectivity index (χ4v) is 2.66. The lowest BCUT2D eigenvalue weighted by molar-refractivity contribution is -0.137.